The van der Waals surface area contributed by atoms with Crippen molar-refractivity contribution in [3.8, 4) is 5.88 Å². The molecule has 0 unspecified atom stereocenters. The molecule has 1 saturated carbocycles. The zero-order valence-corrected chi connectivity index (χ0v) is 10.5. The van der Waals surface area contributed by atoms with Gasteiger partial charge in [-0.1, -0.05) is 13.3 Å². The molecule has 1 aliphatic rings. The van der Waals surface area contributed by atoms with Gasteiger partial charge in [0.15, 0.2) is 0 Å². The number of nitrogens with two attached hydrogens (primary N) is 1. The summed E-state index contributed by atoms with van der Waals surface area (Å²) in [5.74, 6) is 1.49. The van der Waals surface area contributed by atoms with Gasteiger partial charge in [-0.2, -0.15) is 9.97 Å². The van der Waals surface area contributed by atoms with Gasteiger partial charge in [-0.25, -0.2) is 0 Å². The summed E-state index contributed by atoms with van der Waals surface area (Å²) in [6.07, 6.45) is 5.14. The second kappa shape index (κ2) is 4.77. The van der Waals surface area contributed by atoms with Crippen LogP contribution in [0.4, 0.5) is 11.8 Å². The van der Waals surface area contributed by atoms with Crippen LogP contribution in [0.3, 0.4) is 0 Å². The fourth-order valence-corrected chi connectivity index (χ4v) is 2.25. The lowest BCUT2D eigenvalue weighted by Gasteiger charge is -2.41. The Morgan fingerprint density at radius 1 is 1.47 bits per heavy atom. The average molecular weight is 236 g/mol. The van der Waals surface area contributed by atoms with Crippen molar-refractivity contribution in [1.82, 2.24) is 9.97 Å². The molecular weight excluding hydrogens is 216 g/mol. The Kier molecular flexibility index (Phi) is 3.36. The third kappa shape index (κ3) is 2.60. The Hall–Kier alpha value is -1.52. The Morgan fingerprint density at radius 2 is 2.24 bits per heavy atom. The SMILES string of the molecule is CCC1(CNc2cc(OC)nc(N)n2)CCC1. The van der Waals surface area contributed by atoms with Crippen molar-refractivity contribution < 1.29 is 4.74 Å². The maximum Gasteiger partial charge on any atom is 0.225 e. The van der Waals surface area contributed by atoms with E-state index in [1.807, 2.05) is 0 Å². The second-order valence-electron chi connectivity index (χ2n) is 4.71. The van der Waals surface area contributed by atoms with Crippen LogP contribution in [0.15, 0.2) is 6.07 Å². The third-order valence-electron chi connectivity index (χ3n) is 3.74. The predicted molar refractivity (Wildman–Crippen MR) is 68.1 cm³/mol. The molecule has 0 amide bonds. The fraction of sp³-hybridized carbons (Fsp3) is 0.667. The number of methoxy groups -OCH3 is 1. The van der Waals surface area contributed by atoms with E-state index in [0.717, 1.165) is 12.4 Å². The normalized spacial score (nSPS) is 17.3. The molecule has 0 aliphatic heterocycles. The van der Waals surface area contributed by atoms with Crippen LogP contribution in [-0.2, 0) is 0 Å². The summed E-state index contributed by atoms with van der Waals surface area (Å²) in [5.41, 5.74) is 6.06. The Morgan fingerprint density at radius 3 is 2.76 bits per heavy atom. The number of nitrogens with zero attached hydrogens (tertiary/aromatic N) is 2. The molecule has 94 valence electrons. The van der Waals surface area contributed by atoms with Gasteiger partial charge in [-0.15, -0.1) is 0 Å². The zero-order valence-electron chi connectivity index (χ0n) is 10.5. The molecule has 0 spiro atoms. The molecule has 2 rings (SSSR count). The lowest BCUT2D eigenvalue weighted by Crippen LogP contribution is -2.36. The van der Waals surface area contributed by atoms with Crippen LogP contribution < -0.4 is 15.8 Å². The lowest BCUT2D eigenvalue weighted by molar-refractivity contribution is 0.145. The molecular formula is C12H20N4O. The maximum atomic E-state index is 5.61. The van der Waals surface area contributed by atoms with E-state index in [2.05, 4.69) is 22.2 Å². The predicted octanol–water partition coefficient (Wildman–Crippen LogP) is 2.06. The van der Waals surface area contributed by atoms with E-state index in [1.165, 1.54) is 25.7 Å². The van der Waals surface area contributed by atoms with Crippen molar-refractivity contribution in [2.75, 3.05) is 24.7 Å². The first-order chi connectivity index (χ1) is 8.17. The molecule has 3 N–H and O–H groups in total. The summed E-state index contributed by atoms with van der Waals surface area (Å²) in [7, 11) is 1.57. The molecule has 0 radical (unpaired) electrons. The van der Waals surface area contributed by atoms with Crippen molar-refractivity contribution in [3.05, 3.63) is 6.07 Å². The van der Waals surface area contributed by atoms with Crippen molar-refractivity contribution in [2.24, 2.45) is 5.41 Å². The number of anilines is 2. The van der Waals surface area contributed by atoms with Gasteiger partial charge in [-0.05, 0) is 24.7 Å². The number of hydrogen-bond donors (Lipinski definition) is 2. The van der Waals surface area contributed by atoms with Crippen LogP contribution >= 0.6 is 0 Å². The van der Waals surface area contributed by atoms with Gasteiger partial charge >= 0.3 is 0 Å². The van der Waals surface area contributed by atoms with E-state index >= 15 is 0 Å². The summed E-state index contributed by atoms with van der Waals surface area (Å²) >= 11 is 0. The van der Waals surface area contributed by atoms with Crippen molar-refractivity contribution in [3.63, 3.8) is 0 Å². The number of nitrogens with one attached hydrogen (secondary N) is 1. The first-order valence-electron chi connectivity index (χ1n) is 6.10. The number of hydrogen-bond acceptors (Lipinski definition) is 5. The molecule has 0 saturated heterocycles. The van der Waals surface area contributed by atoms with E-state index < -0.39 is 0 Å². The minimum Gasteiger partial charge on any atom is -0.481 e. The van der Waals surface area contributed by atoms with E-state index in [4.69, 9.17) is 10.5 Å². The molecule has 17 heavy (non-hydrogen) atoms. The van der Waals surface area contributed by atoms with Crippen LogP contribution in [-0.4, -0.2) is 23.6 Å². The number of rotatable bonds is 5. The van der Waals surface area contributed by atoms with Gasteiger partial charge in [0.1, 0.15) is 5.82 Å². The molecule has 0 atom stereocenters. The summed E-state index contributed by atoms with van der Waals surface area (Å²) in [5, 5.41) is 3.34. The first kappa shape index (κ1) is 12.0. The van der Waals surface area contributed by atoms with Crippen molar-refractivity contribution >= 4 is 11.8 Å². The quantitative estimate of drug-likeness (QED) is 0.818. The van der Waals surface area contributed by atoms with Gasteiger partial charge in [-0.3, -0.25) is 0 Å². The zero-order chi connectivity index (χ0) is 12.3. The molecule has 1 aromatic heterocycles. The summed E-state index contributed by atoms with van der Waals surface area (Å²) in [6, 6.07) is 1.78. The molecule has 1 aliphatic carbocycles. The molecule has 5 nitrogen and oxygen atoms in total. The van der Waals surface area contributed by atoms with Crippen LogP contribution in [0.25, 0.3) is 0 Å². The van der Waals surface area contributed by atoms with Crippen LogP contribution in [0, 0.1) is 5.41 Å². The highest BCUT2D eigenvalue weighted by atomic mass is 16.5. The molecule has 1 heterocycles. The minimum atomic E-state index is 0.242. The van der Waals surface area contributed by atoms with Gasteiger partial charge in [0, 0.05) is 12.6 Å². The topological polar surface area (TPSA) is 73.1 Å². The third-order valence-corrected chi connectivity index (χ3v) is 3.74. The molecule has 1 aromatic rings. The molecule has 1 fully saturated rings. The summed E-state index contributed by atoms with van der Waals surface area (Å²) in [4.78, 5) is 8.11. The maximum absolute atomic E-state index is 5.61. The summed E-state index contributed by atoms with van der Waals surface area (Å²) in [6.45, 7) is 3.19. The number of aromatic nitrogens is 2. The average Bonchev–Trinajstić information content (AvgIpc) is 2.27. The van der Waals surface area contributed by atoms with Crippen LogP contribution in [0.2, 0.25) is 0 Å². The van der Waals surface area contributed by atoms with E-state index in [1.54, 1.807) is 13.2 Å². The Balaban J connectivity index is 2.01. The van der Waals surface area contributed by atoms with Gasteiger partial charge in [0.05, 0.1) is 7.11 Å². The van der Waals surface area contributed by atoms with Crippen molar-refractivity contribution in [2.45, 2.75) is 32.6 Å². The fourth-order valence-electron chi connectivity index (χ4n) is 2.25. The standard InChI is InChI=1S/C12H20N4O/c1-3-12(5-4-6-12)8-14-9-7-10(17-2)16-11(13)15-9/h7H,3-6,8H2,1-2H3,(H3,13,14,15,16). The molecule has 5 heteroatoms. The highest BCUT2D eigenvalue weighted by molar-refractivity contribution is 5.43. The van der Waals surface area contributed by atoms with E-state index in [0.29, 0.717) is 11.3 Å². The Bertz CT molecular complexity index is 385. The second-order valence-corrected chi connectivity index (χ2v) is 4.71. The van der Waals surface area contributed by atoms with E-state index in [9.17, 15) is 0 Å². The highest BCUT2D eigenvalue weighted by Gasteiger charge is 2.34. The lowest BCUT2D eigenvalue weighted by atomic mass is 9.67. The first-order valence-corrected chi connectivity index (χ1v) is 6.10. The van der Waals surface area contributed by atoms with Crippen LogP contribution in [0.1, 0.15) is 32.6 Å². The minimum absolute atomic E-state index is 0.242. The van der Waals surface area contributed by atoms with E-state index in [-0.39, 0.29) is 5.95 Å². The number of ether oxygens (including phenoxy) is 1. The van der Waals surface area contributed by atoms with Crippen molar-refractivity contribution in [1.29, 1.82) is 0 Å². The molecule has 0 bridgehead atoms. The van der Waals surface area contributed by atoms with Gasteiger partial charge < -0.3 is 15.8 Å². The monoisotopic (exact) mass is 236 g/mol. The summed E-state index contributed by atoms with van der Waals surface area (Å²) < 4.78 is 5.06. The van der Waals surface area contributed by atoms with Gasteiger partial charge in [0.25, 0.3) is 0 Å². The Labute approximate surface area is 102 Å². The smallest absolute Gasteiger partial charge is 0.225 e. The van der Waals surface area contributed by atoms with Crippen LogP contribution in [0.5, 0.6) is 5.88 Å². The molecule has 0 aromatic carbocycles. The highest BCUT2D eigenvalue weighted by Crippen LogP contribution is 2.43. The van der Waals surface area contributed by atoms with Gasteiger partial charge in [0.2, 0.25) is 11.8 Å². The largest absolute Gasteiger partial charge is 0.481 e. The number of nitrogen functional groups attached to an aromatic ring is 1.